The van der Waals surface area contributed by atoms with Gasteiger partial charge in [0, 0.05) is 17.1 Å². The first-order valence-corrected chi connectivity index (χ1v) is 6.22. The second kappa shape index (κ2) is 4.94. The Labute approximate surface area is 104 Å². The molecular weight excluding hydrogens is 266 g/mol. The van der Waals surface area contributed by atoms with E-state index in [0.29, 0.717) is 4.34 Å². The summed E-state index contributed by atoms with van der Waals surface area (Å²) in [6.45, 7) is 1.84. The topological polar surface area (TPSA) is 63.8 Å². The van der Waals surface area contributed by atoms with Crippen molar-refractivity contribution in [3.8, 4) is 0 Å². The molecule has 8 heteroatoms. The Bertz CT molecular complexity index is 544. The van der Waals surface area contributed by atoms with Crippen LogP contribution in [0.1, 0.15) is 5.69 Å². The first kappa shape index (κ1) is 12.2. The highest BCUT2D eigenvalue weighted by Crippen LogP contribution is 2.32. The molecule has 17 heavy (non-hydrogen) atoms. The van der Waals surface area contributed by atoms with Crippen molar-refractivity contribution in [3.05, 3.63) is 28.8 Å². The molecule has 2 aromatic rings. The average molecular weight is 274 g/mol. The van der Waals surface area contributed by atoms with Crippen LogP contribution in [0.15, 0.2) is 20.8 Å². The van der Waals surface area contributed by atoms with Gasteiger partial charge in [0.1, 0.15) is 5.03 Å². The number of nitrogens with zero attached hydrogens (tertiary/aromatic N) is 2. The number of pyridine rings is 1. The van der Waals surface area contributed by atoms with Crippen LogP contribution in [0.4, 0.5) is 14.6 Å². The van der Waals surface area contributed by atoms with Crippen molar-refractivity contribution >= 4 is 28.9 Å². The highest BCUT2D eigenvalue weighted by Gasteiger charge is 2.13. The Morgan fingerprint density at radius 2 is 2.12 bits per heavy atom. The zero-order valence-corrected chi connectivity index (χ0v) is 10.3. The van der Waals surface area contributed by atoms with E-state index in [-0.39, 0.29) is 10.8 Å². The Balaban J connectivity index is 2.32. The molecule has 0 radical (unpaired) electrons. The minimum absolute atomic E-state index is 0.0358. The average Bonchev–Trinajstić information content (AvgIpc) is 2.68. The zero-order chi connectivity index (χ0) is 12.4. The second-order valence-corrected chi connectivity index (χ2v) is 5.20. The van der Waals surface area contributed by atoms with Gasteiger partial charge in [0.2, 0.25) is 0 Å². The van der Waals surface area contributed by atoms with Gasteiger partial charge in [-0.2, -0.15) is 0 Å². The molecule has 0 fully saturated rings. The van der Waals surface area contributed by atoms with Crippen molar-refractivity contribution in [2.45, 2.75) is 16.3 Å². The summed E-state index contributed by atoms with van der Waals surface area (Å²) in [5.41, 5.74) is 2.92. The number of aromatic nitrogens is 2. The van der Waals surface area contributed by atoms with E-state index in [1.165, 1.54) is 11.3 Å². The molecule has 3 N–H and O–H groups in total. The fraction of sp³-hybridized carbons (Fsp3) is 0.111. The van der Waals surface area contributed by atoms with Crippen molar-refractivity contribution in [2.24, 2.45) is 5.84 Å². The highest BCUT2D eigenvalue weighted by molar-refractivity contribution is 8.01. The number of nitrogens with two attached hydrogens (primary N) is 1. The number of anilines is 1. The first-order chi connectivity index (χ1) is 8.10. The van der Waals surface area contributed by atoms with Crippen LogP contribution >= 0.6 is 23.1 Å². The Morgan fingerprint density at radius 1 is 1.35 bits per heavy atom. The van der Waals surface area contributed by atoms with Crippen LogP contribution < -0.4 is 11.3 Å². The number of nitrogens with one attached hydrogen (secondary N) is 1. The van der Waals surface area contributed by atoms with Crippen LogP contribution in [-0.2, 0) is 0 Å². The number of aryl methyl sites for hydroxylation is 1. The smallest absolute Gasteiger partial charge is 0.177 e. The Hall–Kier alpha value is -1.25. The monoisotopic (exact) mass is 274 g/mol. The maximum atomic E-state index is 13.4. The van der Waals surface area contributed by atoms with Crippen molar-refractivity contribution in [2.75, 3.05) is 5.43 Å². The van der Waals surface area contributed by atoms with E-state index in [1.807, 2.05) is 12.3 Å². The fourth-order valence-electron chi connectivity index (χ4n) is 1.08. The molecule has 0 amide bonds. The number of hydrogen-bond acceptors (Lipinski definition) is 6. The summed E-state index contributed by atoms with van der Waals surface area (Å²) in [5, 5.41) is 1.87. The number of halogens is 2. The minimum atomic E-state index is -0.829. The number of thiazole rings is 1. The minimum Gasteiger partial charge on any atom is -0.306 e. The SMILES string of the molecule is Cc1csc(Sc2nc(NN)c(F)cc2F)n1. The van der Waals surface area contributed by atoms with E-state index in [0.717, 1.165) is 23.5 Å². The molecule has 0 saturated carbocycles. The zero-order valence-electron chi connectivity index (χ0n) is 8.70. The molecule has 0 aliphatic rings. The normalized spacial score (nSPS) is 10.6. The summed E-state index contributed by atoms with van der Waals surface area (Å²) in [5.74, 6) is 3.31. The van der Waals surface area contributed by atoms with Gasteiger partial charge in [-0.1, -0.05) is 0 Å². The number of nitrogen functional groups attached to an aromatic ring is 1. The first-order valence-electron chi connectivity index (χ1n) is 4.53. The summed E-state index contributed by atoms with van der Waals surface area (Å²) in [6, 6.07) is 0.741. The number of rotatable bonds is 3. The van der Waals surface area contributed by atoms with Crippen LogP contribution in [0.25, 0.3) is 0 Å². The van der Waals surface area contributed by atoms with E-state index in [9.17, 15) is 8.78 Å². The van der Waals surface area contributed by atoms with Gasteiger partial charge in [-0.05, 0) is 18.7 Å². The van der Waals surface area contributed by atoms with Gasteiger partial charge in [0.15, 0.2) is 21.8 Å². The third-order valence-electron chi connectivity index (χ3n) is 1.82. The maximum absolute atomic E-state index is 13.4. The predicted octanol–water partition coefficient (Wildman–Crippen LogP) is 2.56. The lowest BCUT2D eigenvalue weighted by Crippen LogP contribution is -2.11. The lowest BCUT2D eigenvalue weighted by atomic mass is 10.4. The van der Waals surface area contributed by atoms with E-state index >= 15 is 0 Å². The van der Waals surface area contributed by atoms with E-state index in [4.69, 9.17) is 5.84 Å². The van der Waals surface area contributed by atoms with Crippen LogP contribution in [0, 0.1) is 18.6 Å². The van der Waals surface area contributed by atoms with Crippen molar-refractivity contribution < 1.29 is 8.78 Å². The molecular formula is C9H8F2N4S2. The van der Waals surface area contributed by atoms with E-state index < -0.39 is 11.6 Å². The molecule has 0 unspecified atom stereocenters. The molecule has 2 heterocycles. The summed E-state index contributed by atoms with van der Waals surface area (Å²) in [4.78, 5) is 7.89. The van der Waals surface area contributed by atoms with Gasteiger partial charge < -0.3 is 5.43 Å². The van der Waals surface area contributed by atoms with E-state index in [2.05, 4.69) is 15.4 Å². The summed E-state index contributed by atoms with van der Waals surface area (Å²) < 4.78 is 27.2. The lowest BCUT2D eigenvalue weighted by molar-refractivity contribution is 0.551. The van der Waals surface area contributed by atoms with Gasteiger partial charge in [-0.3, -0.25) is 0 Å². The maximum Gasteiger partial charge on any atom is 0.177 e. The van der Waals surface area contributed by atoms with Crippen LogP contribution in [0.2, 0.25) is 0 Å². The van der Waals surface area contributed by atoms with Crippen molar-refractivity contribution in [3.63, 3.8) is 0 Å². The molecule has 0 aliphatic heterocycles. The van der Waals surface area contributed by atoms with Gasteiger partial charge in [-0.25, -0.2) is 24.6 Å². The second-order valence-electron chi connectivity index (χ2n) is 3.11. The molecule has 0 aromatic carbocycles. The lowest BCUT2D eigenvalue weighted by Gasteiger charge is -2.04. The molecule has 2 rings (SSSR count). The van der Waals surface area contributed by atoms with Gasteiger partial charge in [-0.15, -0.1) is 11.3 Å². The number of hydrogen-bond donors (Lipinski definition) is 2. The fourth-order valence-corrected chi connectivity index (χ4v) is 2.83. The summed E-state index contributed by atoms with van der Waals surface area (Å²) in [7, 11) is 0. The molecule has 4 nitrogen and oxygen atoms in total. The third kappa shape index (κ3) is 2.71. The molecule has 0 saturated heterocycles. The van der Waals surface area contributed by atoms with Crippen LogP contribution in [0.3, 0.4) is 0 Å². The molecule has 0 aliphatic carbocycles. The van der Waals surface area contributed by atoms with Crippen molar-refractivity contribution in [1.82, 2.24) is 9.97 Å². The number of hydrazine groups is 1. The highest BCUT2D eigenvalue weighted by atomic mass is 32.2. The van der Waals surface area contributed by atoms with Crippen molar-refractivity contribution in [1.29, 1.82) is 0 Å². The predicted molar refractivity (Wildman–Crippen MR) is 62.9 cm³/mol. The Kier molecular flexibility index (Phi) is 3.55. The molecule has 0 spiro atoms. The summed E-state index contributed by atoms with van der Waals surface area (Å²) in [6.07, 6.45) is 0. The van der Waals surface area contributed by atoms with E-state index in [1.54, 1.807) is 0 Å². The standard InChI is InChI=1S/C9H8F2N4S2/c1-4-3-16-9(13-4)17-8-6(11)2-5(10)7(14-8)15-12/h2-3H,12H2,1H3,(H,14,15). The quantitative estimate of drug-likeness (QED) is 0.665. The third-order valence-corrected chi connectivity index (χ3v) is 3.85. The Morgan fingerprint density at radius 3 is 2.71 bits per heavy atom. The summed E-state index contributed by atoms with van der Waals surface area (Å²) >= 11 is 2.40. The van der Waals surface area contributed by atoms with Gasteiger partial charge in [0.25, 0.3) is 0 Å². The molecule has 0 bridgehead atoms. The molecule has 2 aromatic heterocycles. The van der Waals surface area contributed by atoms with Crippen LogP contribution in [-0.4, -0.2) is 9.97 Å². The molecule has 0 atom stereocenters. The largest absolute Gasteiger partial charge is 0.306 e. The van der Waals surface area contributed by atoms with Gasteiger partial charge in [0.05, 0.1) is 0 Å². The van der Waals surface area contributed by atoms with Gasteiger partial charge >= 0.3 is 0 Å². The van der Waals surface area contributed by atoms with Crippen LogP contribution in [0.5, 0.6) is 0 Å². The molecule has 90 valence electrons.